The second-order valence-corrected chi connectivity index (χ2v) is 5.57. The first-order valence-electron chi connectivity index (χ1n) is 6.15. The van der Waals surface area contributed by atoms with Crippen LogP contribution in [0.5, 0.6) is 0 Å². The van der Waals surface area contributed by atoms with Crippen LogP contribution in [0.2, 0.25) is 0 Å². The summed E-state index contributed by atoms with van der Waals surface area (Å²) < 4.78 is 0. The lowest BCUT2D eigenvalue weighted by atomic mass is 9.62. The SMILES string of the molecule is CN(C(=O)C1(C)CC(C(=O)O)C1)C1CCNC1. The third kappa shape index (κ3) is 2.16. The third-order valence-corrected chi connectivity index (χ3v) is 4.16. The largest absolute Gasteiger partial charge is 0.481 e. The highest BCUT2D eigenvalue weighted by Crippen LogP contribution is 2.46. The van der Waals surface area contributed by atoms with E-state index in [4.69, 9.17) is 5.11 Å². The molecule has 2 N–H and O–H groups in total. The highest BCUT2D eigenvalue weighted by atomic mass is 16.4. The van der Waals surface area contributed by atoms with Gasteiger partial charge < -0.3 is 15.3 Å². The van der Waals surface area contributed by atoms with Gasteiger partial charge in [0.25, 0.3) is 0 Å². The minimum absolute atomic E-state index is 0.101. The van der Waals surface area contributed by atoms with Crippen molar-refractivity contribution in [1.29, 1.82) is 0 Å². The summed E-state index contributed by atoms with van der Waals surface area (Å²) in [5.74, 6) is -1.01. The number of aliphatic carboxylic acids is 1. The van der Waals surface area contributed by atoms with Crippen molar-refractivity contribution in [2.24, 2.45) is 11.3 Å². The fourth-order valence-corrected chi connectivity index (χ4v) is 2.94. The number of amides is 1. The fourth-order valence-electron chi connectivity index (χ4n) is 2.94. The highest BCUT2D eigenvalue weighted by Gasteiger charge is 2.50. The van der Waals surface area contributed by atoms with E-state index in [9.17, 15) is 9.59 Å². The quantitative estimate of drug-likeness (QED) is 0.745. The molecule has 1 aliphatic heterocycles. The van der Waals surface area contributed by atoms with E-state index in [1.807, 2.05) is 14.0 Å². The van der Waals surface area contributed by atoms with Crippen LogP contribution < -0.4 is 5.32 Å². The summed E-state index contributed by atoms with van der Waals surface area (Å²) in [5, 5.41) is 12.1. The molecule has 96 valence electrons. The molecule has 0 aromatic rings. The Balaban J connectivity index is 1.94. The molecular weight excluding hydrogens is 220 g/mol. The Labute approximate surface area is 101 Å². The van der Waals surface area contributed by atoms with E-state index in [0.717, 1.165) is 19.5 Å². The second-order valence-electron chi connectivity index (χ2n) is 5.57. The summed E-state index contributed by atoms with van der Waals surface area (Å²) >= 11 is 0. The lowest BCUT2D eigenvalue weighted by Gasteiger charge is -2.44. The predicted molar refractivity (Wildman–Crippen MR) is 62.5 cm³/mol. The molecule has 2 rings (SSSR count). The second kappa shape index (κ2) is 4.29. The molecule has 17 heavy (non-hydrogen) atoms. The van der Waals surface area contributed by atoms with E-state index < -0.39 is 11.4 Å². The molecule has 0 radical (unpaired) electrons. The number of rotatable bonds is 3. The zero-order chi connectivity index (χ0) is 12.6. The number of nitrogens with zero attached hydrogens (tertiary/aromatic N) is 1. The molecule has 1 amide bonds. The summed E-state index contributed by atoms with van der Waals surface area (Å²) in [4.78, 5) is 24.9. The number of carboxylic acids is 1. The van der Waals surface area contributed by atoms with Crippen LogP contribution in [-0.2, 0) is 9.59 Å². The van der Waals surface area contributed by atoms with Crippen molar-refractivity contribution in [1.82, 2.24) is 10.2 Å². The van der Waals surface area contributed by atoms with Gasteiger partial charge in [-0.3, -0.25) is 9.59 Å². The standard InChI is InChI=1S/C12H20N2O3/c1-12(5-8(6-12)10(15)16)11(17)14(2)9-3-4-13-7-9/h8-9,13H,3-7H2,1-2H3,(H,15,16). The third-order valence-electron chi connectivity index (χ3n) is 4.16. The molecule has 0 spiro atoms. The van der Waals surface area contributed by atoms with E-state index in [1.165, 1.54) is 0 Å². The maximum absolute atomic E-state index is 12.3. The summed E-state index contributed by atoms with van der Waals surface area (Å²) in [7, 11) is 1.83. The number of likely N-dealkylation sites (N-methyl/N-ethyl adjacent to an activating group) is 1. The van der Waals surface area contributed by atoms with Gasteiger partial charge in [0.05, 0.1) is 5.92 Å². The molecule has 1 saturated carbocycles. The monoisotopic (exact) mass is 240 g/mol. The fraction of sp³-hybridized carbons (Fsp3) is 0.833. The summed E-state index contributed by atoms with van der Waals surface area (Å²) in [6, 6.07) is 0.267. The first kappa shape index (κ1) is 12.4. The van der Waals surface area contributed by atoms with Crippen LogP contribution in [0, 0.1) is 11.3 Å². The van der Waals surface area contributed by atoms with Crippen molar-refractivity contribution in [3.63, 3.8) is 0 Å². The van der Waals surface area contributed by atoms with Crippen LogP contribution in [0.25, 0.3) is 0 Å². The number of hydrogen-bond acceptors (Lipinski definition) is 3. The van der Waals surface area contributed by atoms with Crippen molar-refractivity contribution in [3.8, 4) is 0 Å². The molecule has 1 unspecified atom stereocenters. The first-order chi connectivity index (χ1) is 7.94. The van der Waals surface area contributed by atoms with Gasteiger partial charge in [-0.25, -0.2) is 0 Å². The molecule has 2 aliphatic rings. The zero-order valence-electron chi connectivity index (χ0n) is 10.4. The molecule has 2 fully saturated rings. The van der Waals surface area contributed by atoms with Crippen LogP contribution in [-0.4, -0.2) is 48.1 Å². The van der Waals surface area contributed by atoms with E-state index >= 15 is 0 Å². The van der Waals surface area contributed by atoms with E-state index in [2.05, 4.69) is 5.32 Å². The smallest absolute Gasteiger partial charge is 0.306 e. The average Bonchev–Trinajstić information content (AvgIpc) is 2.75. The van der Waals surface area contributed by atoms with Gasteiger partial charge in [-0.15, -0.1) is 0 Å². The number of nitrogens with one attached hydrogen (secondary N) is 1. The predicted octanol–water partition coefficient (Wildman–Crippen LogP) is 0.308. The molecule has 5 heteroatoms. The van der Waals surface area contributed by atoms with Gasteiger partial charge in [0.2, 0.25) is 5.91 Å². The summed E-state index contributed by atoms with van der Waals surface area (Å²) in [6.07, 6.45) is 1.94. The minimum atomic E-state index is -0.777. The zero-order valence-corrected chi connectivity index (χ0v) is 10.4. The first-order valence-corrected chi connectivity index (χ1v) is 6.15. The van der Waals surface area contributed by atoms with E-state index in [0.29, 0.717) is 12.8 Å². The highest BCUT2D eigenvalue weighted by molar-refractivity contribution is 5.86. The Kier molecular flexibility index (Phi) is 3.12. The van der Waals surface area contributed by atoms with Crippen LogP contribution in [0.3, 0.4) is 0 Å². The lowest BCUT2D eigenvalue weighted by Crippen LogP contribution is -2.53. The van der Waals surface area contributed by atoms with Gasteiger partial charge >= 0.3 is 5.97 Å². The molecule has 1 heterocycles. The Morgan fingerprint density at radius 3 is 2.53 bits per heavy atom. The van der Waals surface area contributed by atoms with Gasteiger partial charge in [-0.1, -0.05) is 6.92 Å². The summed E-state index contributed by atoms with van der Waals surface area (Å²) in [6.45, 7) is 3.69. The van der Waals surface area contributed by atoms with Gasteiger partial charge in [0.15, 0.2) is 0 Å². The minimum Gasteiger partial charge on any atom is -0.481 e. The molecule has 1 aliphatic carbocycles. The summed E-state index contributed by atoms with van der Waals surface area (Å²) in [5.41, 5.74) is -0.458. The molecule has 0 bridgehead atoms. The lowest BCUT2D eigenvalue weighted by molar-refractivity contribution is -0.159. The Morgan fingerprint density at radius 2 is 2.06 bits per heavy atom. The molecular formula is C12H20N2O3. The number of carbonyl (C=O) groups is 2. The molecule has 0 aromatic heterocycles. The topological polar surface area (TPSA) is 69.6 Å². The van der Waals surface area contributed by atoms with E-state index in [1.54, 1.807) is 4.90 Å². The van der Waals surface area contributed by atoms with E-state index in [-0.39, 0.29) is 17.9 Å². The maximum atomic E-state index is 12.3. The van der Waals surface area contributed by atoms with Gasteiger partial charge in [0.1, 0.15) is 0 Å². The molecule has 1 atom stereocenters. The Morgan fingerprint density at radius 1 is 1.41 bits per heavy atom. The molecule has 1 saturated heterocycles. The van der Waals surface area contributed by atoms with Crippen molar-refractivity contribution in [2.75, 3.05) is 20.1 Å². The number of carboxylic acid groups (broad SMARTS) is 1. The van der Waals surface area contributed by atoms with Gasteiger partial charge in [-0.05, 0) is 25.8 Å². The molecule has 5 nitrogen and oxygen atoms in total. The normalized spacial score (nSPS) is 36.4. The molecule has 0 aromatic carbocycles. The van der Waals surface area contributed by atoms with Crippen LogP contribution >= 0.6 is 0 Å². The number of carbonyl (C=O) groups excluding carboxylic acids is 1. The van der Waals surface area contributed by atoms with Crippen LogP contribution in [0.4, 0.5) is 0 Å². The van der Waals surface area contributed by atoms with Crippen molar-refractivity contribution < 1.29 is 14.7 Å². The van der Waals surface area contributed by atoms with Crippen molar-refractivity contribution >= 4 is 11.9 Å². The van der Waals surface area contributed by atoms with Gasteiger partial charge in [-0.2, -0.15) is 0 Å². The Bertz CT molecular complexity index is 331. The van der Waals surface area contributed by atoms with Crippen LogP contribution in [0.15, 0.2) is 0 Å². The van der Waals surface area contributed by atoms with Crippen molar-refractivity contribution in [3.05, 3.63) is 0 Å². The van der Waals surface area contributed by atoms with Gasteiger partial charge in [0, 0.05) is 25.0 Å². The van der Waals surface area contributed by atoms with Crippen LogP contribution in [0.1, 0.15) is 26.2 Å². The van der Waals surface area contributed by atoms with Crippen molar-refractivity contribution in [2.45, 2.75) is 32.2 Å². The maximum Gasteiger partial charge on any atom is 0.306 e. The Hall–Kier alpha value is -1.10. The number of hydrogen-bond donors (Lipinski definition) is 2. The average molecular weight is 240 g/mol.